The normalized spacial score (nSPS) is 16.1. The Morgan fingerprint density at radius 1 is 0.875 bits per heavy atom. The van der Waals surface area contributed by atoms with Gasteiger partial charge in [-0.15, -0.1) is 0 Å². The second kappa shape index (κ2) is 20.3. The first kappa shape index (κ1) is 46.1. The summed E-state index contributed by atoms with van der Waals surface area (Å²) < 4.78 is 15.2. The van der Waals surface area contributed by atoms with E-state index in [-0.39, 0.29) is 41.7 Å². The zero-order valence-electron chi connectivity index (χ0n) is 37.5. The van der Waals surface area contributed by atoms with E-state index in [1.54, 1.807) is 11.1 Å². The smallest absolute Gasteiger partial charge is 0.407 e. The Morgan fingerprint density at radius 3 is 2.14 bits per heavy atom. The highest BCUT2D eigenvalue weighted by atomic mass is 32.1. The van der Waals surface area contributed by atoms with Gasteiger partial charge in [-0.3, -0.25) is 9.59 Å². The Bertz CT molecular complexity index is 2420. The monoisotopic (exact) mass is 892 g/mol. The lowest BCUT2D eigenvalue weighted by molar-refractivity contribution is -0.138. The van der Waals surface area contributed by atoms with Gasteiger partial charge in [0.2, 0.25) is 11.8 Å². The first-order valence-corrected chi connectivity index (χ1v) is 22.6. The fourth-order valence-electron chi connectivity index (χ4n) is 8.31. The van der Waals surface area contributed by atoms with Crippen LogP contribution in [0.5, 0.6) is 0 Å². The summed E-state index contributed by atoms with van der Waals surface area (Å²) in [5, 5.41) is 7.67. The van der Waals surface area contributed by atoms with E-state index in [0.717, 1.165) is 57.3 Å². The molecule has 3 heterocycles. The highest BCUT2D eigenvalue weighted by molar-refractivity contribution is 7.80. The third-order valence-electron chi connectivity index (χ3n) is 12.6. The quantitative estimate of drug-likeness (QED) is 0.0583. The molecule has 0 bridgehead atoms. The van der Waals surface area contributed by atoms with Gasteiger partial charge in [0.05, 0.1) is 44.4 Å². The molecule has 64 heavy (non-hydrogen) atoms. The number of fused-ring (bicyclic) bond motifs is 1. The molecular formula is C48H60N8O7S. The number of nitrogens with one attached hydrogen (secondary N) is 4. The zero-order valence-corrected chi connectivity index (χ0v) is 38.4. The van der Waals surface area contributed by atoms with E-state index in [0.29, 0.717) is 56.5 Å². The predicted octanol–water partition coefficient (Wildman–Crippen LogP) is 7.77. The lowest BCUT2D eigenvalue weighted by Gasteiger charge is -2.35. The third kappa shape index (κ3) is 10.9. The van der Waals surface area contributed by atoms with Gasteiger partial charge in [-0.05, 0) is 89.5 Å². The van der Waals surface area contributed by atoms with E-state index >= 15 is 0 Å². The van der Waals surface area contributed by atoms with Gasteiger partial charge in [0.1, 0.15) is 23.7 Å². The van der Waals surface area contributed by atoms with Gasteiger partial charge in [0.15, 0.2) is 0 Å². The van der Waals surface area contributed by atoms with Gasteiger partial charge in [-0.2, -0.15) is 12.6 Å². The lowest BCUT2D eigenvalue weighted by Crippen LogP contribution is -2.53. The number of amides is 4. The van der Waals surface area contributed by atoms with Crippen LogP contribution in [0.15, 0.2) is 73.1 Å². The Labute approximate surface area is 379 Å². The summed E-state index contributed by atoms with van der Waals surface area (Å²) in [6.07, 6.45) is 5.78. The van der Waals surface area contributed by atoms with Crippen LogP contribution in [-0.4, -0.2) is 112 Å². The van der Waals surface area contributed by atoms with Gasteiger partial charge in [0.25, 0.3) is 0 Å². The van der Waals surface area contributed by atoms with Gasteiger partial charge < -0.3 is 44.6 Å². The van der Waals surface area contributed by atoms with Crippen LogP contribution in [0, 0.1) is 17.3 Å². The molecule has 3 aromatic carbocycles. The molecule has 4 amide bonds. The number of hydrogen-bond donors (Lipinski definition) is 5. The molecular weight excluding hydrogens is 833 g/mol. The van der Waals surface area contributed by atoms with Crippen molar-refractivity contribution in [2.24, 2.45) is 17.3 Å². The molecule has 1 saturated carbocycles. The predicted molar refractivity (Wildman–Crippen MR) is 248 cm³/mol. The van der Waals surface area contributed by atoms with Crippen LogP contribution in [0.25, 0.3) is 44.4 Å². The van der Waals surface area contributed by atoms with Crippen molar-refractivity contribution in [3.05, 3.63) is 84.7 Å². The van der Waals surface area contributed by atoms with E-state index < -0.39 is 24.3 Å². The number of thiol groups is 1. The van der Waals surface area contributed by atoms with Gasteiger partial charge in [-0.1, -0.05) is 69.3 Å². The average molecular weight is 893 g/mol. The molecule has 0 unspecified atom stereocenters. The molecule has 0 spiro atoms. The van der Waals surface area contributed by atoms with Crippen molar-refractivity contribution < 1.29 is 33.4 Å². The van der Waals surface area contributed by atoms with Crippen LogP contribution in [0.1, 0.15) is 71.1 Å². The third-order valence-corrected chi connectivity index (χ3v) is 12.8. The van der Waals surface area contributed by atoms with Crippen molar-refractivity contribution in [2.75, 3.05) is 46.3 Å². The highest BCUT2D eigenvalue weighted by Gasteiger charge is 2.43. The Hall–Kier alpha value is -5.87. The number of carbonyl (C=O) groups is 4. The maximum Gasteiger partial charge on any atom is 0.407 e. The first-order valence-electron chi connectivity index (χ1n) is 22.0. The topological polar surface area (TPSA) is 184 Å². The molecule has 2 fully saturated rings. The van der Waals surface area contributed by atoms with Crippen LogP contribution < -0.4 is 10.6 Å². The largest absolute Gasteiger partial charge is 0.453 e. The fourth-order valence-corrected chi connectivity index (χ4v) is 8.55. The Balaban J connectivity index is 1.02. The van der Waals surface area contributed by atoms with Crippen LogP contribution in [0.3, 0.4) is 0 Å². The van der Waals surface area contributed by atoms with Gasteiger partial charge in [0, 0.05) is 43.8 Å². The van der Waals surface area contributed by atoms with Crippen molar-refractivity contribution in [3.8, 4) is 33.6 Å². The number of carbonyl (C=O) groups excluding carboxylic acids is 4. The summed E-state index contributed by atoms with van der Waals surface area (Å²) in [5.74, 6) is 1.18. The highest BCUT2D eigenvalue weighted by Crippen LogP contribution is 2.47. The Kier molecular flexibility index (Phi) is 14.6. The maximum atomic E-state index is 14.0. The number of nitrogens with zero attached hydrogens (tertiary/aromatic N) is 4. The second-order valence-electron chi connectivity index (χ2n) is 17.6. The number of rotatable bonds is 17. The minimum Gasteiger partial charge on any atom is -0.453 e. The number of benzene rings is 3. The molecule has 16 heteroatoms. The molecule has 0 radical (unpaired) electrons. The summed E-state index contributed by atoms with van der Waals surface area (Å²) >= 11 is 4.41. The first-order chi connectivity index (χ1) is 30.8. The number of alkyl carbamates (subject to hydrolysis) is 2. The molecule has 2 aromatic heterocycles. The van der Waals surface area contributed by atoms with Crippen molar-refractivity contribution in [1.82, 2.24) is 40.4 Å². The van der Waals surface area contributed by atoms with Gasteiger partial charge >= 0.3 is 12.2 Å². The molecule has 7 rings (SSSR count). The summed E-state index contributed by atoms with van der Waals surface area (Å²) in [6.45, 7) is 10.2. The van der Waals surface area contributed by atoms with E-state index in [1.807, 2.05) is 44.0 Å². The minimum atomic E-state index is -0.742. The van der Waals surface area contributed by atoms with Crippen molar-refractivity contribution in [1.29, 1.82) is 0 Å². The van der Waals surface area contributed by atoms with Crippen LogP contribution in [0.4, 0.5) is 9.59 Å². The second-order valence-corrected chi connectivity index (χ2v) is 18.1. The molecule has 5 aromatic rings. The molecule has 3 atom stereocenters. The van der Waals surface area contributed by atoms with Crippen molar-refractivity contribution in [2.45, 2.75) is 78.0 Å². The maximum absolute atomic E-state index is 14.0. The number of methoxy groups -OCH3 is 2. The summed E-state index contributed by atoms with van der Waals surface area (Å²) in [5.41, 5.74) is 5.67. The van der Waals surface area contributed by atoms with E-state index in [1.165, 1.54) is 14.2 Å². The van der Waals surface area contributed by atoms with E-state index in [4.69, 9.17) is 19.2 Å². The van der Waals surface area contributed by atoms with Crippen molar-refractivity contribution >= 4 is 47.4 Å². The van der Waals surface area contributed by atoms with Gasteiger partial charge in [-0.25, -0.2) is 19.6 Å². The van der Waals surface area contributed by atoms with Crippen molar-refractivity contribution in [3.63, 3.8) is 0 Å². The molecule has 4 N–H and O–H groups in total. The van der Waals surface area contributed by atoms with Crippen LogP contribution >= 0.6 is 12.6 Å². The van der Waals surface area contributed by atoms with E-state index in [2.05, 4.69) is 93.7 Å². The summed E-state index contributed by atoms with van der Waals surface area (Å²) in [7, 11) is 2.59. The summed E-state index contributed by atoms with van der Waals surface area (Å²) in [6, 6.07) is 19.1. The minimum absolute atomic E-state index is 0.0392. The molecule has 1 aliphatic heterocycles. The zero-order chi connectivity index (χ0) is 45.5. The average Bonchev–Trinajstić information content (AvgIpc) is 3.62. The molecule has 2 aliphatic rings. The number of aromatic amines is 2. The molecule has 1 saturated heterocycles. The standard InChI is InChI=1S/C48H60N8O7S/c1-29(2)41(53-46(59)61-5)45(58)56(28-48(4)17-18-48)30(3)43-50-26-39(52-43)37-14-13-35-23-34(11-12-36(35)24-37)31-7-9-32(10-8-31)38-25-49-40(51-38)27-55(19-22-64)44(57)42(54-47(60)62-6)33-15-20-63-21-16-33/h7-14,23-26,29-30,33,41-42,64H,15-22,27-28H2,1-6H3,(H,49,51)(H,50,52)(H,53,59)(H,54,60)/t30-,41-,42-/m0/s1. The number of imidazole rings is 2. The number of ether oxygens (including phenoxy) is 3. The lowest BCUT2D eigenvalue weighted by atomic mass is 9.90. The SMILES string of the molecule is COC(=O)N[C@H](C(=O)N(CC1(C)CC1)[C@@H](C)c1nc(-c2ccc3cc(-c4ccc(-c5cnc(CN(CCS)C(=O)[C@@H](NC(=O)OC)C6CCOCC6)[nH]5)cc4)ccc3c2)c[nH]1)C(C)C. The molecule has 340 valence electrons. The molecule has 1 aliphatic carbocycles. The van der Waals surface area contributed by atoms with Crippen LogP contribution in [0.2, 0.25) is 0 Å². The number of aromatic nitrogens is 4. The number of hydrogen-bond acceptors (Lipinski definition) is 10. The van der Waals surface area contributed by atoms with Crippen LogP contribution in [-0.2, 0) is 30.3 Å². The molecule has 15 nitrogen and oxygen atoms in total. The Morgan fingerprint density at radius 2 is 1.50 bits per heavy atom. The van der Waals surface area contributed by atoms with E-state index in [9.17, 15) is 19.2 Å². The summed E-state index contributed by atoms with van der Waals surface area (Å²) in [4.78, 5) is 72.2. The number of H-pyrrole nitrogens is 2. The fraction of sp³-hybridized carbons (Fsp3) is 0.458.